The third-order valence-corrected chi connectivity index (χ3v) is 4.92. The lowest BCUT2D eigenvalue weighted by molar-refractivity contribution is -0.122. The Labute approximate surface area is 117 Å². The van der Waals surface area contributed by atoms with Crippen molar-refractivity contribution in [1.82, 2.24) is 20.1 Å². The predicted octanol–water partition coefficient (Wildman–Crippen LogP) is 1.57. The molecule has 1 amide bonds. The molecule has 0 aromatic carbocycles. The highest BCUT2D eigenvalue weighted by Crippen LogP contribution is 2.51. The molecule has 1 heterocycles. The van der Waals surface area contributed by atoms with E-state index in [0.717, 1.165) is 24.6 Å². The summed E-state index contributed by atoms with van der Waals surface area (Å²) < 4.78 is 2.46. The van der Waals surface area contributed by atoms with Gasteiger partial charge >= 0.3 is 0 Å². The van der Waals surface area contributed by atoms with E-state index in [1.165, 1.54) is 19.3 Å². The predicted molar refractivity (Wildman–Crippen MR) is 74.0 cm³/mol. The maximum absolute atomic E-state index is 12.0. The van der Waals surface area contributed by atoms with Crippen LogP contribution in [0.5, 0.6) is 0 Å². The molecular weight excluding hydrogens is 260 g/mol. The van der Waals surface area contributed by atoms with Gasteiger partial charge in [-0.25, -0.2) is 0 Å². The van der Waals surface area contributed by atoms with Crippen LogP contribution in [0.2, 0.25) is 0 Å². The molecule has 2 fully saturated rings. The summed E-state index contributed by atoms with van der Waals surface area (Å²) in [7, 11) is 1.89. The third kappa shape index (κ3) is 2.59. The first-order chi connectivity index (χ1) is 9.16. The fourth-order valence-electron chi connectivity index (χ4n) is 2.94. The first kappa shape index (κ1) is 12.8. The third-order valence-electron chi connectivity index (χ3n) is 4.55. The van der Waals surface area contributed by atoms with Crippen molar-refractivity contribution in [1.29, 1.82) is 0 Å². The van der Waals surface area contributed by atoms with Crippen molar-refractivity contribution in [3.05, 3.63) is 10.6 Å². The van der Waals surface area contributed by atoms with E-state index in [9.17, 15) is 4.79 Å². The van der Waals surface area contributed by atoms with E-state index in [1.807, 2.05) is 11.6 Å². The van der Waals surface area contributed by atoms with Gasteiger partial charge in [-0.3, -0.25) is 9.89 Å². The summed E-state index contributed by atoms with van der Waals surface area (Å²) in [6.07, 6.45) is 5.84. The molecule has 0 unspecified atom stereocenters. The van der Waals surface area contributed by atoms with Crippen molar-refractivity contribution < 1.29 is 4.79 Å². The lowest BCUT2D eigenvalue weighted by Gasteiger charge is -2.25. The SMILES string of the molecule is Cn1c(CCNC(=O)[C@@H]2C[C@H]2C2CCC2)n[nH]c1=S. The van der Waals surface area contributed by atoms with E-state index < -0.39 is 0 Å². The van der Waals surface area contributed by atoms with Gasteiger partial charge in [0, 0.05) is 25.9 Å². The molecule has 19 heavy (non-hydrogen) atoms. The van der Waals surface area contributed by atoms with Gasteiger partial charge < -0.3 is 9.88 Å². The number of nitrogens with zero attached hydrogens (tertiary/aromatic N) is 2. The van der Waals surface area contributed by atoms with E-state index in [4.69, 9.17) is 12.2 Å². The molecule has 2 aliphatic carbocycles. The van der Waals surface area contributed by atoms with Gasteiger partial charge in [0.1, 0.15) is 5.82 Å². The standard InChI is InChI=1S/C13H20N4OS/c1-17-11(15-16-13(17)19)5-6-14-12(18)10-7-9(10)8-3-2-4-8/h8-10H,2-7H2,1H3,(H,14,18)(H,16,19)/t9-,10+/m0/s1. The summed E-state index contributed by atoms with van der Waals surface area (Å²) in [5, 5.41) is 9.91. The summed E-state index contributed by atoms with van der Waals surface area (Å²) in [5.74, 6) is 2.91. The van der Waals surface area contributed by atoms with Crippen LogP contribution in [0.4, 0.5) is 0 Å². The Balaban J connectivity index is 1.42. The van der Waals surface area contributed by atoms with Crippen LogP contribution >= 0.6 is 12.2 Å². The smallest absolute Gasteiger partial charge is 0.223 e. The molecule has 2 atom stereocenters. The van der Waals surface area contributed by atoms with E-state index in [0.29, 0.717) is 17.2 Å². The van der Waals surface area contributed by atoms with Gasteiger partial charge in [-0.1, -0.05) is 19.3 Å². The Morgan fingerprint density at radius 2 is 2.37 bits per heavy atom. The molecule has 1 aromatic rings. The normalized spacial score (nSPS) is 25.9. The van der Waals surface area contributed by atoms with Crippen molar-refractivity contribution >= 4 is 18.1 Å². The minimum Gasteiger partial charge on any atom is -0.355 e. The molecule has 0 bridgehead atoms. The second-order valence-electron chi connectivity index (χ2n) is 5.74. The van der Waals surface area contributed by atoms with Crippen LogP contribution < -0.4 is 5.32 Å². The fraction of sp³-hybridized carbons (Fsp3) is 0.769. The Kier molecular flexibility index (Phi) is 3.43. The number of hydrogen-bond acceptors (Lipinski definition) is 3. The molecule has 0 spiro atoms. The Morgan fingerprint density at radius 3 is 2.95 bits per heavy atom. The number of hydrogen-bond donors (Lipinski definition) is 2. The zero-order valence-corrected chi connectivity index (χ0v) is 12.0. The summed E-state index contributed by atoms with van der Waals surface area (Å²) in [6.45, 7) is 0.639. The van der Waals surface area contributed by atoms with Crippen LogP contribution in [-0.4, -0.2) is 27.2 Å². The number of nitrogens with one attached hydrogen (secondary N) is 2. The second kappa shape index (κ2) is 5.07. The molecule has 2 N–H and O–H groups in total. The number of aromatic amines is 1. The van der Waals surface area contributed by atoms with E-state index in [-0.39, 0.29) is 11.8 Å². The molecule has 0 radical (unpaired) electrons. The molecule has 2 saturated carbocycles. The van der Waals surface area contributed by atoms with Gasteiger partial charge in [-0.15, -0.1) is 0 Å². The number of carbonyl (C=O) groups excluding carboxylic acids is 1. The second-order valence-corrected chi connectivity index (χ2v) is 6.13. The first-order valence-corrected chi connectivity index (χ1v) is 7.45. The topological polar surface area (TPSA) is 62.7 Å². The number of carbonyl (C=O) groups is 1. The molecule has 6 heteroatoms. The highest BCUT2D eigenvalue weighted by atomic mass is 32.1. The molecule has 5 nitrogen and oxygen atoms in total. The molecular formula is C13H20N4OS. The molecule has 1 aromatic heterocycles. The molecule has 104 valence electrons. The van der Waals surface area contributed by atoms with Crippen LogP contribution in [0.25, 0.3) is 0 Å². The minimum absolute atomic E-state index is 0.230. The lowest BCUT2D eigenvalue weighted by Crippen LogP contribution is -2.29. The van der Waals surface area contributed by atoms with Gasteiger partial charge in [0.05, 0.1) is 0 Å². The van der Waals surface area contributed by atoms with Crippen molar-refractivity contribution in [2.45, 2.75) is 32.1 Å². The molecule has 2 aliphatic rings. The minimum atomic E-state index is 0.230. The van der Waals surface area contributed by atoms with Crippen LogP contribution in [0.15, 0.2) is 0 Å². The van der Waals surface area contributed by atoms with E-state index in [1.54, 1.807) is 0 Å². The number of amides is 1. The summed E-state index contributed by atoms with van der Waals surface area (Å²) in [5.41, 5.74) is 0. The maximum atomic E-state index is 12.0. The summed E-state index contributed by atoms with van der Waals surface area (Å²) >= 11 is 5.05. The van der Waals surface area contributed by atoms with Crippen molar-refractivity contribution in [2.75, 3.05) is 6.54 Å². The van der Waals surface area contributed by atoms with Gasteiger partial charge in [0.2, 0.25) is 5.91 Å². The van der Waals surface area contributed by atoms with Crippen LogP contribution in [0.1, 0.15) is 31.5 Å². The van der Waals surface area contributed by atoms with Crippen LogP contribution in [-0.2, 0) is 18.3 Å². The van der Waals surface area contributed by atoms with Crippen LogP contribution in [0.3, 0.4) is 0 Å². The van der Waals surface area contributed by atoms with E-state index in [2.05, 4.69) is 15.5 Å². The first-order valence-electron chi connectivity index (χ1n) is 7.05. The average molecular weight is 280 g/mol. The zero-order valence-electron chi connectivity index (χ0n) is 11.2. The fourth-order valence-corrected chi connectivity index (χ4v) is 3.09. The monoisotopic (exact) mass is 280 g/mol. The molecule has 3 rings (SSSR count). The Hall–Kier alpha value is -1.17. The lowest BCUT2D eigenvalue weighted by atomic mass is 9.81. The number of aromatic nitrogens is 3. The Bertz CT molecular complexity index is 531. The van der Waals surface area contributed by atoms with Crippen LogP contribution in [0, 0.1) is 22.5 Å². The van der Waals surface area contributed by atoms with Gasteiger partial charge in [0.15, 0.2) is 4.77 Å². The average Bonchev–Trinajstić information content (AvgIpc) is 3.03. The van der Waals surface area contributed by atoms with Crippen molar-refractivity contribution in [3.63, 3.8) is 0 Å². The van der Waals surface area contributed by atoms with Gasteiger partial charge in [-0.05, 0) is 30.5 Å². The van der Waals surface area contributed by atoms with Crippen molar-refractivity contribution in [2.24, 2.45) is 24.8 Å². The summed E-state index contributed by atoms with van der Waals surface area (Å²) in [4.78, 5) is 12.0. The van der Waals surface area contributed by atoms with Crippen molar-refractivity contribution in [3.8, 4) is 0 Å². The number of rotatable bonds is 5. The Morgan fingerprint density at radius 1 is 1.58 bits per heavy atom. The number of H-pyrrole nitrogens is 1. The highest BCUT2D eigenvalue weighted by molar-refractivity contribution is 7.71. The maximum Gasteiger partial charge on any atom is 0.223 e. The quantitative estimate of drug-likeness (QED) is 0.805. The van der Waals surface area contributed by atoms with Gasteiger partial charge in [-0.2, -0.15) is 5.10 Å². The van der Waals surface area contributed by atoms with E-state index >= 15 is 0 Å². The summed E-state index contributed by atoms with van der Waals surface area (Å²) in [6, 6.07) is 0. The van der Waals surface area contributed by atoms with Gasteiger partial charge in [0.25, 0.3) is 0 Å². The molecule has 0 saturated heterocycles. The zero-order chi connectivity index (χ0) is 13.4. The largest absolute Gasteiger partial charge is 0.355 e. The highest BCUT2D eigenvalue weighted by Gasteiger charge is 2.48. The molecule has 0 aliphatic heterocycles.